The monoisotopic (exact) mass is 556 g/mol. The van der Waals surface area contributed by atoms with E-state index in [-0.39, 0.29) is 43.1 Å². The number of hydrogen-bond donors (Lipinski definition) is 2. The number of hydrazine groups is 1. The van der Waals surface area contributed by atoms with Gasteiger partial charge in [0.25, 0.3) is 0 Å². The molecule has 3 aromatic rings. The molecule has 0 aromatic heterocycles. The lowest BCUT2D eigenvalue weighted by molar-refractivity contribution is -0.187. The van der Waals surface area contributed by atoms with Crippen molar-refractivity contribution in [3.8, 4) is 5.75 Å². The molecular weight excluding hydrogens is 520 g/mol. The molecule has 2 heterocycles. The van der Waals surface area contributed by atoms with Gasteiger partial charge in [-0.25, -0.2) is 14.8 Å². The summed E-state index contributed by atoms with van der Waals surface area (Å²) in [5.74, 6) is -0.263. The second-order valence-electron chi connectivity index (χ2n) is 10.7. The lowest BCUT2D eigenvalue weighted by Crippen LogP contribution is -2.76. The number of likely N-dealkylation sites (N-methyl/N-ethyl adjacent to an activating group) is 1. The number of nitrogens with zero attached hydrogens (tertiary/aromatic N) is 5. The van der Waals surface area contributed by atoms with Crippen LogP contribution in [-0.2, 0) is 29.1 Å². The van der Waals surface area contributed by atoms with Crippen LogP contribution in [0.3, 0.4) is 0 Å². The molecule has 2 saturated heterocycles. The predicted molar refractivity (Wildman–Crippen MR) is 156 cm³/mol. The Bertz CT molecular complexity index is 1400. The first-order chi connectivity index (χ1) is 19.7. The number of phenolic OH excluding ortho intramolecular Hbond substituents is 1. The standard InChI is InChI=1S/C31H36N6O4/c1-33(2)26-12-8-7-11-24(26)19-35-20-28-36(27(30(35)40)17-22-13-15-25(38)16-14-22)29(39)21-34(3)37(28)31(41)32-18-23-9-5-4-6-10-23/h4-16,27-28,38H,17-21H2,1-3H3,(H,32,41)/t27-,28-/m0/s1. The predicted octanol–water partition coefficient (Wildman–Crippen LogP) is 2.64. The van der Waals surface area contributed by atoms with Gasteiger partial charge >= 0.3 is 6.03 Å². The molecule has 41 heavy (non-hydrogen) atoms. The number of rotatable bonds is 7. The fourth-order valence-corrected chi connectivity index (χ4v) is 5.64. The summed E-state index contributed by atoms with van der Waals surface area (Å²) < 4.78 is 0. The zero-order valence-electron chi connectivity index (χ0n) is 23.6. The first-order valence-electron chi connectivity index (χ1n) is 13.7. The van der Waals surface area contributed by atoms with Gasteiger partial charge in [0.1, 0.15) is 18.0 Å². The molecule has 2 aliphatic heterocycles. The number of amides is 4. The third-order valence-electron chi connectivity index (χ3n) is 7.63. The summed E-state index contributed by atoms with van der Waals surface area (Å²) in [6, 6.07) is 23.0. The number of aromatic hydroxyl groups is 1. The van der Waals surface area contributed by atoms with Gasteiger partial charge in [0.2, 0.25) is 11.8 Å². The van der Waals surface area contributed by atoms with Crippen LogP contribution >= 0.6 is 0 Å². The summed E-state index contributed by atoms with van der Waals surface area (Å²) in [5.41, 5.74) is 3.73. The maximum atomic E-state index is 14.1. The van der Waals surface area contributed by atoms with Gasteiger partial charge in [0, 0.05) is 46.3 Å². The topological polar surface area (TPSA) is 99.7 Å². The van der Waals surface area contributed by atoms with Crippen molar-refractivity contribution >= 4 is 23.5 Å². The second kappa shape index (κ2) is 11.9. The summed E-state index contributed by atoms with van der Waals surface area (Å²) in [4.78, 5) is 46.6. The van der Waals surface area contributed by atoms with Crippen molar-refractivity contribution in [2.24, 2.45) is 0 Å². The number of urea groups is 1. The van der Waals surface area contributed by atoms with Crippen LogP contribution in [0.1, 0.15) is 16.7 Å². The molecule has 3 aromatic carbocycles. The van der Waals surface area contributed by atoms with Crippen LogP contribution in [0.5, 0.6) is 5.75 Å². The third-order valence-corrected chi connectivity index (χ3v) is 7.63. The highest BCUT2D eigenvalue weighted by atomic mass is 16.3. The molecule has 0 spiro atoms. The Morgan fingerprint density at radius 3 is 2.34 bits per heavy atom. The number of fused-ring (bicyclic) bond motifs is 1. The van der Waals surface area contributed by atoms with E-state index in [2.05, 4.69) is 5.32 Å². The summed E-state index contributed by atoms with van der Waals surface area (Å²) in [6.45, 7) is 0.807. The van der Waals surface area contributed by atoms with Crippen LogP contribution in [0.25, 0.3) is 0 Å². The Balaban J connectivity index is 1.48. The molecule has 2 atom stereocenters. The van der Waals surface area contributed by atoms with Crippen molar-refractivity contribution in [3.63, 3.8) is 0 Å². The molecule has 5 rings (SSSR count). The van der Waals surface area contributed by atoms with Gasteiger partial charge in [-0.2, -0.15) is 0 Å². The molecule has 4 amide bonds. The zero-order valence-corrected chi connectivity index (χ0v) is 23.6. The lowest BCUT2D eigenvalue weighted by Gasteiger charge is -2.54. The van der Waals surface area contributed by atoms with Crippen molar-refractivity contribution in [1.29, 1.82) is 0 Å². The zero-order chi connectivity index (χ0) is 29.1. The van der Waals surface area contributed by atoms with E-state index in [0.717, 1.165) is 22.4 Å². The number of para-hydroxylation sites is 1. The van der Waals surface area contributed by atoms with Gasteiger partial charge in [0.15, 0.2) is 0 Å². The molecule has 2 N–H and O–H groups in total. The molecule has 214 valence electrons. The van der Waals surface area contributed by atoms with E-state index in [0.29, 0.717) is 13.1 Å². The minimum absolute atomic E-state index is 0.0297. The average Bonchev–Trinajstić information content (AvgIpc) is 2.95. The molecule has 2 fully saturated rings. The first kappa shape index (κ1) is 28.0. The van der Waals surface area contributed by atoms with Crippen molar-refractivity contribution < 1.29 is 19.5 Å². The third kappa shape index (κ3) is 5.97. The van der Waals surface area contributed by atoms with E-state index in [1.165, 1.54) is 0 Å². The Morgan fingerprint density at radius 1 is 0.951 bits per heavy atom. The maximum absolute atomic E-state index is 14.1. The molecule has 0 saturated carbocycles. The molecule has 2 aliphatic rings. The van der Waals surface area contributed by atoms with Gasteiger partial charge < -0.3 is 25.1 Å². The molecule has 10 heteroatoms. The van der Waals surface area contributed by atoms with Crippen molar-refractivity contribution in [2.45, 2.75) is 31.7 Å². The molecule has 0 radical (unpaired) electrons. The van der Waals surface area contributed by atoms with E-state index >= 15 is 0 Å². The van der Waals surface area contributed by atoms with Crippen molar-refractivity contribution in [1.82, 2.24) is 25.1 Å². The highest BCUT2D eigenvalue weighted by molar-refractivity contribution is 5.91. The number of carbonyl (C=O) groups excluding carboxylic acids is 3. The number of anilines is 1. The normalized spacial score (nSPS) is 19.2. The van der Waals surface area contributed by atoms with E-state index in [1.54, 1.807) is 51.1 Å². The summed E-state index contributed by atoms with van der Waals surface area (Å²) >= 11 is 0. The minimum Gasteiger partial charge on any atom is -0.508 e. The largest absolute Gasteiger partial charge is 0.508 e. The smallest absolute Gasteiger partial charge is 0.334 e. The second-order valence-corrected chi connectivity index (χ2v) is 10.7. The Kier molecular flexibility index (Phi) is 8.11. The Morgan fingerprint density at radius 2 is 1.63 bits per heavy atom. The first-order valence-corrected chi connectivity index (χ1v) is 13.7. The van der Waals surface area contributed by atoms with Gasteiger partial charge in [-0.05, 0) is 34.9 Å². The fourth-order valence-electron chi connectivity index (χ4n) is 5.64. The molecular formula is C31H36N6O4. The average molecular weight is 557 g/mol. The number of phenols is 1. The fraction of sp³-hybridized carbons (Fsp3) is 0.323. The number of hydrogen-bond acceptors (Lipinski definition) is 6. The van der Waals surface area contributed by atoms with Crippen LogP contribution in [-0.4, -0.2) is 89.2 Å². The Labute approximate surface area is 240 Å². The number of piperazine rings is 1. The number of nitrogens with one attached hydrogen (secondary N) is 1. The van der Waals surface area contributed by atoms with Crippen molar-refractivity contribution in [3.05, 3.63) is 95.6 Å². The minimum atomic E-state index is -0.810. The maximum Gasteiger partial charge on any atom is 0.334 e. The van der Waals surface area contributed by atoms with Crippen LogP contribution in [0, 0.1) is 0 Å². The summed E-state index contributed by atoms with van der Waals surface area (Å²) in [6.07, 6.45) is -0.431. The van der Waals surface area contributed by atoms with Gasteiger partial charge in [-0.1, -0.05) is 60.7 Å². The quantitative estimate of drug-likeness (QED) is 0.464. The van der Waals surface area contributed by atoms with E-state index in [9.17, 15) is 19.5 Å². The molecule has 0 bridgehead atoms. The van der Waals surface area contributed by atoms with Crippen molar-refractivity contribution in [2.75, 3.05) is 39.1 Å². The highest BCUT2D eigenvalue weighted by Gasteiger charge is 2.50. The van der Waals surface area contributed by atoms with Gasteiger partial charge in [0.05, 0.1) is 13.1 Å². The number of benzene rings is 3. The van der Waals surface area contributed by atoms with Crippen LogP contribution < -0.4 is 10.2 Å². The summed E-state index contributed by atoms with van der Waals surface area (Å²) in [5, 5.41) is 16.0. The van der Waals surface area contributed by atoms with Crippen LogP contribution in [0.4, 0.5) is 10.5 Å². The number of carbonyl (C=O) groups is 3. The van der Waals surface area contributed by atoms with Gasteiger partial charge in [-0.3, -0.25) is 9.59 Å². The van der Waals surface area contributed by atoms with Crippen LogP contribution in [0.15, 0.2) is 78.9 Å². The molecule has 0 aliphatic carbocycles. The van der Waals surface area contributed by atoms with E-state index < -0.39 is 12.2 Å². The van der Waals surface area contributed by atoms with Gasteiger partial charge in [-0.15, -0.1) is 0 Å². The molecule has 0 unspecified atom stereocenters. The van der Waals surface area contributed by atoms with E-state index in [1.807, 2.05) is 73.6 Å². The summed E-state index contributed by atoms with van der Waals surface area (Å²) in [7, 11) is 5.63. The van der Waals surface area contributed by atoms with E-state index in [4.69, 9.17) is 0 Å². The molecule has 10 nitrogen and oxygen atoms in total. The highest BCUT2D eigenvalue weighted by Crippen LogP contribution is 2.30. The lowest BCUT2D eigenvalue weighted by atomic mass is 9.98. The van der Waals surface area contributed by atoms with Crippen LogP contribution in [0.2, 0.25) is 0 Å². The SMILES string of the molecule is CN(C)c1ccccc1CN1C[C@H]2N(C(=O)CN(C)N2C(=O)NCc2ccccc2)[C@@H](Cc2ccc(O)cc2)C1=O. The Hall–Kier alpha value is -4.57.